The summed E-state index contributed by atoms with van der Waals surface area (Å²) in [4.78, 5) is 4.10. The first-order valence-corrected chi connectivity index (χ1v) is 7.94. The number of halogens is 1. The first-order chi connectivity index (χ1) is 11.8. The van der Waals surface area contributed by atoms with E-state index in [1.54, 1.807) is 12.3 Å². The third-order valence-corrected chi connectivity index (χ3v) is 3.42. The summed E-state index contributed by atoms with van der Waals surface area (Å²) in [5.74, 6) is 0.527. The SMILES string of the molecule is Brc1ccc(N=NNc2ccc(N=Nc3ccccc3)cc2)nc1. The zero-order chi connectivity index (χ0) is 16.6. The zero-order valence-corrected chi connectivity index (χ0v) is 14.1. The van der Waals surface area contributed by atoms with E-state index in [4.69, 9.17) is 0 Å². The molecular formula is C17H13BrN6. The molecule has 0 unspecified atom stereocenters. The van der Waals surface area contributed by atoms with E-state index in [9.17, 15) is 0 Å². The second kappa shape index (κ2) is 8.07. The zero-order valence-electron chi connectivity index (χ0n) is 12.5. The molecule has 0 aliphatic rings. The maximum absolute atomic E-state index is 4.18. The van der Waals surface area contributed by atoms with Crippen LogP contribution in [0.15, 0.2) is 98.0 Å². The summed E-state index contributed by atoms with van der Waals surface area (Å²) in [6, 6.07) is 20.6. The number of hydrogen-bond donors (Lipinski definition) is 1. The van der Waals surface area contributed by atoms with Crippen LogP contribution in [0.2, 0.25) is 0 Å². The Morgan fingerprint density at radius 2 is 1.46 bits per heavy atom. The first-order valence-electron chi connectivity index (χ1n) is 7.15. The molecule has 7 heteroatoms. The van der Waals surface area contributed by atoms with Gasteiger partial charge in [0.1, 0.15) is 0 Å². The molecule has 1 aromatic heterocycles. The van der Waals surface area contributed by atoms with Crippen molar-refractivity contribution in [2.24, 2.45) is 20.6 Å². The average molecular weight is 381 g/mol. The summed E-state index contributed by atoms with van der Waals surface area (Å²) in [5, 5.41) is 16.2. The number of azo groups is 1. The van der Waals surface area contributed by atoms with E-state index in [0.717, 1.165) is 21.5 Å². The maximum Gasteiger partial charge on any atom is 0.176 e. The number of benzene rings is 2. The molecule has 24 heavy (non-hydrogen) atoms. The van der Waals surface area contributed by atoms with Crippen molar-refractivity contribution in [1.82, 2.24) is 4.98 Å². The Morgan fingerprint density at radius 1 is 0.750 bits per heavy atom. The third-order valence-electron chi connectivity index (χ3n) is 2.95. The molecule has 0 amide bonds. The van der Waals surface area contributed by atoms with E-state index >= 15 is 0 Å². The van der Waals surface area contributed by atoms with Gasteiger partial charge in [-0.25, -0.2) is 4.98 Å². The molecule has 0 bridgehead atoms. The second-order valence-corrected chi connectivity index (χ2v) is 5.64. The Morgan fingerprint density at radius 3 is 2.12 bits per heavy atom. The van der Waals surface area contributed by atoms with Gasteiger partial charge in [0, 0.05) is 10.7 Å². The molecule has 1 N–H and O–H groups in total. The Bertz CT molecular complexity index is 829. The van der Waals surface area contributed by atoms with Crippen molar-refractivity contribution in [1.29, 1.82) is 0 Å². The van der Waals surface area contributed by atoms with Crippen molar-refractivity contribution >= 4 is 38.8 Å². The predicted octanol–water partition coefficient (Wildman–Crippen LogP) is 6.37. The minimum Gasteiger partial charge on any atom is -0.260 e. The molecule has 118 valence electrons. The summed E-state index contributed by atoms with van der Waals surface area (Å²) in [6.07, 6.45) is 1.67. The van der Waals surface area contributed by atoms with Crippen LogP contribution in [-0.4, -0.2) is 4.98 Å². The molecule has 0 atom stereocenters. The first kappa shape index (κ1) is 15.9. The molecule has 0 fully saturated rings. The fraction of sp³-hybridized carbons (Fsp3) is 0. The highest BCUT2D eigenvalue weighted by Crippen LogP contribution is 2.20. The summed E-state index contributed by atoms with van der Waals surface area (Å²) >= 11 is 3.32. The van der Waals surface area contributed by atoms with Crippen molar-refractivity contribution in [3.8, 4) is 0 Å². The van der Waals surface area contributed by atoms with Gasteiger partial charge in [0.15, 0.2) is 5.82 Å². The third kappa shape index (κ3) is 4.79. The van der Waals surface area contributed by atoms with Crippen molar-refractivity contribution < 1.29 is 0 Å². The smallest absolute Gasteiger partial charge is 0.176 e. The quantitative estimate of drug-likeness (QED) is 0.412. The number of pyridine rings is 1. The molecule has 3 rings (SSSR count). The van der Waals surface area contributed by atoms with Gasteiger partial charge in [-0.1, -0.05) is 23.4 Å². The van der Waals surface area contributed by atoms with Crippen molar-refractivity contribution in [2.75, 3.05) is 5.43 Å². The van der Waals surface area contributed by atoms with Crippen LogP contribution in [0.4, 0.5) is 22.9 Å². The van der Waals surface area contributed by atoms with E-state index < -0.39 is 0 Å². The van der Waals surface area contributed by atoms with E-state index in [0.29, 0.717) is 5.82 Å². The van der Waals surface area contributed by atoms with Gasteiger partial charge >= 0.3 is 0 Å². The van der Waals surface area contributed by atoms with Crippen LogP contribution in [0.25, 0.3) is 0 Å². The summed E-state index contributed by atoms with van der Waals surface area (Å²) in [6.45, 7) is 0. The van der Waals surface area contributed by atoms with Crippen LogP contribution >= 0.6 is 15.9 Å². The lowest BCUT2D eigenvalue weighted by Crippen LogP contribution is -1.85. The lowest BCUT2D eigenvalue weighted by Gasteiger charge is -1.99. The lowest BCUT2D eigenvalue weighted by molar-refractivity contribution is 1.09. The van der Waals surface area contributed by atoms with Crippen LogP contribution in [0.1, 0.15) is 0 Å². The van der Waals surface area contributed by atoms with Gasteiger partial charge in [-0.15, -0.1) is 5.11 Å². The average Bonchev–Trinajstić information content (AvgIpc) is 2.64. The fourth-order valence-electron chi connectivity index (χ4n) is 1.77. The molecule has 0 saturated heterocycles. The molecular weight excluding hydrogens is 368 g/mol. The number of rotatable bonds is 5. The van der Waals surface area contributed by atoms with E-state index in [-0.39, 0.29) is 0 Å². The van der Waals surface area contributed by atoms with Gasteiger partial charge < -0.3 is 0 Å². The number of hydrogen-bond acceptors (Lipinski definition) is 5. The van der Waals surface area contributed by atoms with Crippen LogP contribution in [0, 0.1) is 0 Å². The highest BCUT2D eigenvalue weighted by atomic mass is 79.9. The van der Waals surface area contributed by atoms with Gasteiger partial charge in [0.2, 0.25) is 0 Å². The van der Waals surface area contributed by atoms with Crippen LogP contribution in [0.3, 0.4) is 0 Å². The Kier molecular flexibility index (Phi) is 5.36. The highest BCUT2D eigenvalue weighted by molar-refractivity contribution is 9.10. The Hall–Kier alpha value is -2.93. The number of aromatic nitrogens is 1. The predicted molar refractivity (Wildman–Crippen MR) is 97.1 cm³/mol. The number of nitrogens with zero attached hydrogens (tertiary/aromatic N) is 5. The Balaban J connectivity index is 1.58. The fourth-order valence-corrected chi connectivity index (χ4v) is 2.01. The van der Waals surface area contributed by atoms with Crippen molar-refractivity contribution in [3.63, 3.8) is 0 Å². The van der Waals surface area contributed by atoms with Crippen LogP contribution in [-0.2, 0) is 0 Å². The molecule has 6 nitrogen and oxygen atoms in total. The van der Waals surface area contributed by atoms with Crippen LogP contribution < -0.4 is 5.43 Å². The Labute approximate surface area is 147 Å². The molecule has 0 spiro atoms. The second-order valence-electron chi connectivity index (χ2n) is 4.73. The largest absolute Gasteiger partial charge is 0.260 e. The van der Waals surface area contributed by atoms with Gasteiger partial charge in [-0.2, -0.15) is 10.2 Å². The standard InChI is InChI=1S/C17H13BrN6/c18-13-6-11-17(19-12-13)23-24-22-16-9-7-15(8-10-16)21-20-14-4-2-1-3-5-14/h1-12H,(H,19,22,23). The van der Waals surface area contributed by atoms with Gasteiger partial charge in [-0.05, 0) is 64.5 Å². The van der Waals surface area contributed by atoms with E-state index in [1.807, 2.05) is 60.7 Å². The number of nitrogens with one attached hydrogen (secondary N) is 1. The minimum absolute atomic E-state index is 0.527. The molecule has 0 aliphatic heterocycles. The van der Waals surface area contributed by atoms with Gasteiger partial charge in [0.25, 0.3) is 0 Å². The normalized spacial score (nSPS) is 11.2. The molecule has 0 radical (unpaired) electrons. The minimum atomic E-state index is 0.527. The van der Waals surface area contributed by atoms with Crippen molar-refractivity contribution in [3.05, 3.63) is 77.4 Å². The molecule has 2 aromatic carbocycles. The molecule has 0 aliphatic carbocycles. The van der Waals surface area contributed by atoms with E-state index in [2.05, 4.69) is 46.9 Å². The summed E-state index contributed by atoms with van der Waals surface area (Å²) in [5.41, 5.74) is 5.22. The summed E-state index contributed by atoms with van der Waals surface area (Å²) in [7, 11) is 0. The van der Waals surface area contributed by atoms with Gasteiger partial charge in [0.05, 0.1) is 17.1 Å². The molecule has 0 saturated carbocycles. The monoisotopic (exact) mass is 380 g/mol. The van der Waals surface area contributed by atoms with Crippen LogP contribution in [0.5, 0.6) is 0 Å². The number of anilines is 1. The molecule has 1 heterocycles. The topological polar surface area (TPSA) is 74.4 Å². The van der Waals surface area contributed by atoms with E-state index in [1.165, 1.54) is 0 Å². The highest BCUT2D eigenvalue weighted by Gasteiger charge is 1.94. The summed E-state index contributed by atoms with van der Waals surface area (Å²) < 4.78 is 0.898. The van der Waals surface area contributed by atoms with Gasteiger partial charge in [-0.3, -0.25) is 5.43 Å². The lowest BCUT2D eigenvalue weighted by atomic mass is 10.3. The maximum atomic E-state index is 4.18. The van der Waals surface area contributed by atoms with Crippen molar-refractivity contribution in [2.45, 2.75) is 0 Å². The molecule has 3 aromatic rings.